The van der Waals surface area contributed by atoms with E-state index in [1.165, 1.54) is 0 Å². The normalized spacial score (nSPS) is 16.3. The van der Waals surface area contributed by atoms with E-state index in [0.717, 1.165) is 32.1 Å². The van der Waals surface area contributed by atoms with Gasteiger partial charge >= 0.3 is 12.1 Å². The summed E-state index contributed by atoms with van der Waals surface area (Å²) in [6.45, 7) is 0.221. The summed E-state index contributed by atoms with van der Waals surface area (Å²) in [5.74, 6) is -1.18. The Hall–Kier alpha value is -3.15. The van der Waals surface area contributed by atoms with Gasteiger partial charge in [-0.15, -0.1) is 0 Å². The highest BCUT2D eigenvalue weighted by atomic mass is 16.6. The van der Waals surface area contributed by atoms with Crippen molar-refractivity contribution in [3.8, 4) is 0 Å². The molecule has 1 amide bonds. The van der Waals surface area contributed by atoms with Crippen molar-refractivity contribution in [1.29, 1.82) is 0 Å². The number of carbonyl (C=O) groups excluding carboxylic acids is 2. The van der Waals surface area contributed by atoms with Crippen molar-refractivity contribution in [2.45, 2.75) is 44.6 Å². The number of carbonyl (C=O) groups is 3. The zero-order valence-corrected chi connectivity index (χ0v) is 16.9. The summed E-state index contributed by atoms with van der Waals surface area (Å²) in [4.78, 5) is 37.0. The molecule has 0 spiro atoms. The van der Waals surface area contributed by atoms with E-state index >= 15 is 0 Å². The van der Waals surface area contributed by atoms with Gasteiger partial charge in [-0.3, -0.25) is 9.59 Å². The minimum atomic E-state index is -1.07. The van der Waals surface area contributed by atoms with Gasteiger partial charge in [-0.1, -0.05) is 79.9 Å². The molecule has 3 rings (SSSR count). The monoisotopic (exact) mass is 409 g/mol. The van der Waals surface area contributed by atoms with Gasteiger partial charge in [-0.2, -0.15) is 0 Å². The van der Waals surface area contributed by atoms with Crippen LogP contribution in [0.25, 0.3) is 0 Å². The molecule has 6 nitrogen and oxygen atoms in total. The second kappa shape index (κ2) is 10.1. The van der Waals surface area contributed by atoms with Crippen molar-refractivity contribution in [2.75, 3.05) is 6.54 Å². The van der Waals surface area contributed by atoms with Crippen LogP contribution in [-0.2, 0) is 9.53 Å². The van der Waals surface area contributed by atoms with Crippen LogP contribution in [0.1, 0.15) is 60.6 Å². The van der Waals surface area contributed by atoms with E-state index in [0.29, 0.717) is 11.1 Å². The molecule has 0 saturated heterocycles. The Morgan fingerprint density at radius 1 is 0.933 bits per heavy atom. The summed E-state index contributed by atoms with van der Waals surface area (Å²) >= 11 is 0. The summed E-state index contributed by atoms with van der Waals surface area (Å²) in [7, 11) is 0. The fourth-order valence-corrected chi connectivity index (χ4v) is 4.10. The van der Waals surface area contributed by atoms with Crippen LogP contribution in [0.15, 0.2) is 60.7 Å². The highest BCUT2D eigenvalue weighted by Gasteiger charge is 2.35. The van der Waals surface area contributed by atoms with Crippen LogP contribution in [0.5, 0.6) is 0 Å². The minimum Gasteiger partial charge on any atom is -0.481 e. The average molecular weight is 409 g/mol. The molecule has 2 aromatic carbocycles. The quantitative estimate of drug-likeness (QED) is 0.613. The van der Waals surface area contributed by atoms with Crippen LogP contribution in [0.4, 0.5) is 4.79 Å². The zero-order valence-electron chi connectivity index (χ0n) is 16.9. The van der Waals surface area contributed by atoms with Crippen molar-refractivity contribution < 1.29 is 24.2 Å². The molecule has 2 N–H and O–H groups in total. The van der Waals surface area contributed by atoms with Crippen LogP contribution in [0.3, 0.4) is 0 Å². The predicted octanol–water partition coefficient (Wildman–Crippen LogP) is 4.76. The van der Waals surface area contributed by atoms with Crippen molar-refractivity contribution in [3.63, 3.8) is 0 Å². The molecule has 1 aliphatic rings. The number of ether oxygens (including phenoxy) is 1. The second-order valence-electron chi connectivity index (χ2n) is 7.91. The van der Waals surface area contributed by atoms with E-state index in [1.54, 1.807) is 48.5 Å². The third-order valence-electron chi connectivity index (χ3n) is 5.67. The number of nitrogens with one attached hydrogen (secondary N) is 1. The standard InChI is InChI=1S/C24H27NO5/c26-20(27)16-24(14-8-3-9-15-24)17-25-23(29)30-22(19-12-6-2-7-13-19)21(28)18-10-4-1-5-11-18/h1-2,4-7,10-13,22H,3,8-9,14-17H2,(H,25,29)(H,26,27). The summed E-state index contributed by atoms with van der Waals surface area (Å²) < 4.78 is 5.55. The summed E-state index contributed by atoms with van der Waals surface area (Å²) in [5, 5.41) is 12.0. The number of amides is 1. The molecule has 0 heterocycles. The lowest BCUT2D eigenvalue weighted by atomic mass is 9.72. The van der Waals surface area contributed by atoms with Crippen molar-refractivity contribution in [2.24, 2.45) is 5.41 Å². The topological polar surface area (TPSA) is 92.7 Å². The number of benzene rings is 2. The average Bonchev–Trinajstić information content (AvgIpc) is 2.77. The maximum Gasteiger partial charge on any atom is 0.408 e. The van der Waals surface area contributed by atoms with Gasteiger partial charge in [-0.25, -0.2) is 4.79 Å². The predicted molar refractivity (Wildman–Crippen MR) is 112 cm³/mol. The number of ketones is 1. The second-order valence-corrected chi connectivity index (χ2v) is 7.91. The highest BCUT2D eigenvalue weighted by molar-refractivity contribution is 6.00. The van der Waals surface area contributed by atoms with E-state index in [4.69, 9.17) is 4.74 Å². The van der Waals surface area contributed by atoms with Gasteiger partial charge in [0.25, 0.3) is 0 Å². The van der Waals surface area contributed by atoms with E-state index < -0.39 is 23.6 Å². The third-order valence-corrected chi connectivity index (χ3v) is 5.67. The van der Waals surface area contributed by atoms with Gasteiger partial charge in [0.1, 0.15) is 0 Å². The summed E-state index contributed by atoms with van der Waals surface area (Å²) in [6, 6.07) is 17.6. The smallest absolute Gasteiger partial charge is 0.408 e. The first-order chi connectivity index (χ1) is 14.5. The number of aliphatic carboxylic acids is 1. The molecular formula is C24H27NO5. The number of hydrogen-bond acceptors (Lipinski definition) is 4. The number of alkyl carbamates (subject to hydrolysis) is 1. The Bertz CT molecular complexity index is 860. The molecule has 0 bridgehead atoms. The van der Waals surface area contributed by atoms with E-state index in [1.807, 2.05) is 12.1 Å². The van der Waals surface area contributed by atoms with Gasteiger partial charge in [0, 0.05) is 17.7 Å². The lowest BCUT2D eigenvalue weighted by Gasteiger charge is -2.36. The molecule has 0 aliphatic heterocycles. The SMILES string of the molecule is O=C(O)CC1(CNC(=O)OC(C(=O)c2ccccc2)c2ccccc2)CCCCC1. The largest absolute Gasteiger partial charge is 0.481 e. The first-order valence-electron chi connectivity index (χ1n) is 10.3. The van der Waals surface area contributed by atoms with Gasteiger partial charge in [0.05, 0.1) is 6.42 Å². The summed E-state index contributed by atoms with van der Waals surface area (Å²) in [6.07, 6.45) is 2.70. The van der Waals surface area contributed by atoms with Gasteiger partial charge < -0.3 is 15.2 Å². The highest BCUT2D eigenvalue weighted by Crippen LogP contribution is 2.39. The van der Waals surface area contributed by atoms with Crippen molar-refractivity contribution in [1.82, 2.24) is 5.32 Å². The van der Waals surface area contributed by atoms with E-state index in [-0.39, 0.29) is 18.7 Å². The van der Waals surface area contributed by atoms with Crippen molar-refractivity contribution >= 4 is 17.8 Å². The first-order valence-corrected chi connectivity index (χ1v) is 10.3. The molecular weight excluding hydrogens is 382 g/mol. The fourth-order valence-electron chi connectivity index (χ4n) is 4.10. The van der Waals surface area contributed by atoms with Gasteiger partial charge in [0.15, 0.2) is 6.10 Å². The number of hydrogen-bond donors (Lipinski definition) is 2. The van der Waals surface area contributed by atoms with Gasteiger partial charge in [0.2, 0.25) is 5.78 Å². The Balaban J connectivity index is 1.71. The Labute approximate surface area is 176 Å². The maximum absolute atomic E-state index is 13.0. The number of Topliss-reactive ketones (excluding diaryl/α,β-unsaturated/α-hetero) is 1. The number of carboxylic acid groups (broad SMARTS) is 1. The van der Waals surface area contributed by atoms with Crippen LogP contribution >= 0.6 is 0 Å². The molecule has 1 fully saturated rings. The van der Waals surface area contributed by atoms with Crippen LogP contribution in [0, 0.1) is 5.41 Å². The Kier molecular flexibility index (Phi) is 7.22. The van der Waals surface area contributed by atoms with Gasteiger partial charge in [-0.05, 0) is 18.3 Å². The molecule has 6 heteroatoms. The molecule has 2 aromatic rings. The van der Waals surface area contributed by atoms with E-state index in [2.05, 4.69) is 5.32 Å². The molecule has 0 aromatic heterocycles. The zero-order chi connectivity index (χ0) is 21.4. The van der Waals surface area contributed by atoms with Crippen LogP contribution in [0.2, 0.25) is 0 Å². The van der Waals surface area contributed by atoms with Crippen LogP contribution < -0.4 is 5.32 Å². The molecule has 1 atom stereocenters. The molecule has 0 radical (unpaired) electrons. The van der Waals surface area contributed by atoms with Crippen LogP contribution in [-0.4, -0.2) is 29.5 Å². The number of rotatable bonds is 8. The minimum absolute atomic E-state index is 0.0122. The first kappa shape index (κ1) is 21.6. The molecule has 158 valence electrons. The number of carboxylic acids is 1. The Morgan fingerprint density at radius 3 is 2.13 bits per heavy atom. The lowest BCUT2D eigenvalue weighted by molar-refractivity contribution is -0.140. The fraction of sp³-hybridized carbons (Fsp3) is 0.375. The molecule has 1 unspecified atom stereocenters. The molecule has 1 aliphatic carbocycles. The summed E-state index contributed by atoms with van der Waals surface area (Å²) in [5.41, 5.74) is 0.572. The van der Waals surface area contributed by atoms with E-state index in [9.17, 15) is 19.5 Å². The molecule has 30 heavy (non-hydrogen) atoms. The van der Waals surface area contributed by atoms with Crippen molar-refractivity contribution in [3.05, 3.63) is 71.8 Å². The third kappa shape index (κ3) is 5.69. The maximum atomic E-state index is 13.0. The lowest BCUT2D eigenvalue weighted by Crippen LogP contribution is -2.41. The molecule has 1 saturated carbocycles. The Morgan fingerprint density at radius 2 is 1.53 bits per heavy atom.